The third-order valence-electron chi connectivity index (χ3n) is 3.47. The molecule has 0 bridgehead atoms. The van der Waals surface area contributed by atoms with Gasteiger partial charge in [-0.25, -0.2) is 4.58 Å². The van der Waals surface area contributed by atoms with Crippen molar-refractivity contribution < 1.29 is 9.68 Å². The molecule has 0 atom stereocenters. The lowest BCUT2D eigenvalue weighted by Crippen LogP contribution is -2.25. The number of hydrogen-bond acceptors (Lipinski definition) is 1. The van der Waals surface area contributed by atoms with Crippen LogP contribution in [0.1, 0.15) is 26.3 Å². The summed E-state index contributed by atoms with van der Waals surface area (Å²) in [6.45, 7) is 6.37. The molecule has 1 N–H and O–H groups in total. The molecule has 0 aliphatic carbocycles. The molecule has 0 unspecified atom stereocenters. The van der Waals surface area contributed by atoms with Crippen LogP contribution in [0.5, 0.6) is 5.75 Å². The number of halogens is 1. The molecule has 2 nitrogen and oxygen atoms in total. The first-order valence-corrected chi connectivity index (χ1v) is 5.76. The van der Waals surface area contributed by atoms with Crippen molar-refractivity contribution in [3.63, 3.8) is 0 Å². The minimum atomic E-state index is -0.0993. The zero-order chi connectivity index (χ0) is 11.4. The molecule has 2 rings (SSSR count). The average molecular weight is 269 g/mol. The van der Waals surface area contributed by atoms with E-state index in [0.29, 0.717) is 5.75 Å². The number of rotatable bonds is 0. The Morgan fingerprint density at radius 1 is 1.33 bits per heavy atom. The van der Waals surface area contributed by atoms with Crippen molar-refractivity contribution in [1.29, 1.82) is 0 Å². The second-order valence-electron chi connectivity index (χ2n) is 4.56. The molecule has 0 radical (unpaired) electrons. The highest BCUT2D eigenvalue weighted by atomic mass is 79.9. The first kappa shape index (κ1) is 10.7. The highest BCUT2D eigenvalue weighted by molar-refractivity contribution is 9.10. The van der Waals surface area contributed by atoms with Crippen molar-refractivity contribution >= 4 is 27.3 Å². The van der Waals surface area contributed by atoms with E-state index in [1.54, 1.807) is 6.07 Å². The van der Waals surface area contributed by atoms with Crippen molar-refractivity contribution in [2.24, 2.45) is 0 Å². The normalized spacial score (nSPS) is 18.2. The molecule has 0 saturated heterocycles. The number of nitrogens with zero attached hydrogens (tertiary/aromatic N) is 1. The van der Waals surface area contributed by atoms with Gasteiger partial charge in [-0.05, 0) is 41.9 Å². The van der Waals surface area contributed by atoms with Gasteiger partial charge in [0, 0.05) is 6.92 Å². The van der Waals surface area contributed by atoms with Crippen molar-refractivity contribution in [3.05, 3.63) is 22.2 Å². The van der Waals surface area contributed by atoms with Gasteiger partial charge in [0.2, 0.25) is 5.69 Å². The van der Waals surface area contributed by atoms with Crippen LogP contribution in [0.15, 0.2) is 16.6 Å². The lowest BCUT2D eigenvalue weighted by Gasteiger charge is -2.16. The Bertz CT molecular complexity index is 475. The van der Waals surface area contributed by atoms with Gasteiger partial charge in [-0.2, -0.15) is 0 Å². The predicted octanol–water partition coefficient (Wildman–Crippen LogP) is 3.18. The fraction of sp³-hybridized carbons (Fsp3) is 0.417. The lowest BCUT2D eigenvalue weighted by molar-refractivity contribution is -0.403. The molecule has 0 amide bonds. The first-order chi connectivity index (χ1) is 6.87. The minimum absolute atomic E-state index is 0.0993. The molecule has 15 heavy (non-hydrogen) atoms. The minimum Gasteiger partial charge on any atom is -0.507 e. The smallest absolute Gasteiger partial charge is 0.227 e. The quantitative estimate of drug-likeness (QED) is 0.718. The fourth-order valence-electron chi connectivity index (χ4n) is 2.27. The second-order valence-corrected chi connectivity index (χ2v) is 5.41. The summed E-state index contributed by atoms with van der Waals surface area (Å²) in [5.74, 6) is 0.377. The maximum atomic E-state index is 9.97. The molecule has 1 aliphatic heterocycles. The van der Waals surface area contributed by atoms with Gasteiger partial charge in [0.05, 0.1) is 15.5 Å². The predicted molar refractivity (Wildman–Crippen MR) is 65.4 cm³/mol. The third-order valence-corrected chi connectivity index (χ3v) is 4.11. The monoisotopic (exact) mass is 268 g/mol. The summed E-state index contributed by atoms with van der Waals surface area (Å²) in [7, 11) is 2.03. The maximum absolute atomic E-state index is 9.97. The SMILES string of the molecule is CC1=[N+](C)c2c(Br)ccc(O)c2C1(C)C. The average Bonchev–Trinajstić information content (AvgIpc) is 2.34. The highest BCUT2D eigenvalue weighted by Gasteiger charge is 2.44. The zero-order valence-corrected chi connectivity index (χ0v) is 11.0. The summed E-state index contributed by atoms with van der Waals surface area (Å²) in [5.41, 5.74) is 3.24. The Kier molecular flexibility index (Phi) is 2.19. The summed E-state index contributed by atoms with van der Waals surface area (Å²) in [5, 5.41) is 9.97. The van der Waals surface area contributed by atoms with Crippen LogP contribution in [0.25, 0.3) is 0 Å². The number of fused-ring (bicyclic) bond motifs is 1. The molecule has 1 aromatic rings. The van der Waals surface area contributed by atoms with Gasteiger partial charge in [-0.15, -0.1) is 0 Å². The zero-order valence-electron chi connectivity index (χ0n) is 9.43. The van der Waals surface area contributed by atoms with Gasteiger partial charge in [0.25, 0.3) is 0 Å². The summed E-state index contributed by atoms with van der Waals surface area (Å²) >= 11 is 3.53. The third kappa shape index (κ3) is 1.26. The number of aromatic hydroxyl groups is 1. The van der Waals surface area contributed by atoms with Crippen LogP contribution in [0, 0.1) is 0 Å². The summed E-state index contributed by atoms with van der Waals surface area (Å²) in [6.07, 6.45) is 0. The molecule has 1 aliphatic rings. The van der Waals surface area contributed by atoms with E-state index in [9.17, 15) is 5.11 Å². The molecule has 80 valence electrons. The Morgan fingerprint density at radius 3 is 2.47 bits per heavy atom. The van der Waals surface area contributed by atoms with E-state index in [0.717, 1.165) is 15.7 Å². The van der Waals surface area contributed by atoms with E-state index < -0.39 is 0 Å². The molecular weight excluding hydrogens is 254 g/mol. The largest absolute Gasteiger partial charge is 0.507 e. The van der Waals surface area contributed by atoms with Gasteiger partial charge >= 0.3 is 0 Å². The van der Waals surface area contributed by atoms with Crippen molar-refractivity contribution in [1.82, 2.24) is 0 Å². The topological polar surface area (TPSA) is 23.2 Å². The summed E-state index contributed by atoms with van der Waals surface area (Å²) < 4.78 is 3.17. The summed E-state index contributed by atoms with van der Waals surface area (Å²) in [6, 6.07) is 3.64. The molecule has 3 heteroatoms. The molecule has 0 spiro atoms. The van der Waals surface area contributed by atoms with Crippen LogP contribution in [0.4, 0.5) is 5.69 Å². The van der Waals surface area contributed by atoms with Crippen LogP contribution in [0.3, 0.4) is 0 Å². The second kappa shape index (κ2) is 3.08. The summed E-state index contributed by atoms with van der Waals surface area (Å²) in [4.78, 5) is 0. The number of phenols is 1. The highest BCUT2D eigenvalue weighted by Crippen LogP contribution is 2.47. The van der Waals surface area contributed by atoms with E-state index in [1.165, 1.54) is 5.71 Å². The molecule has 0 saturated carbocycles. The van der Waals surface area contributed by atoms with E-state index >= 15 is 0 Å². The maximum Gasteiger partial charge on any atom is 0.227 e. The van der Waals surface area contributed by atoms with Crippen LogP contribution < -0.4 is 0 Å². The van der Waals surface area contributed by atoms with Gasteiger partial charge in [-0.3, -0.25) is 0 Å². The molecule has 0 fully saturated rings. The Morgan fingerprint density at radius 2 is 1.93 bits per heavy atom. The van der Waals surface area contributed by atoms with Gasteiger partial charge < -0.3 is 5.11 Å². The van der Waals surface area contributed by atoms with Crippen LogP contribution >= 0.6 is 15.9 Å². The van der Waals surface area contributed by atoms with Crippen molar-refractivity contribution in [3.8, 4) is 5.75 Å². The molecule has 1 heterocycles. The standard InChI is InChI=1S/C12H14BrNO/c1-7-12(2,3)10-9(15)6-5-8(13)11(10)14(7)4/h5-6H,1-4H3/p+1. The Labute approximate surface area is 98.4 Å². The Balaban J connectivity index is 2.86. The van der Waals surface area contributed by atoms with Crippen molar-refractivity contribution in [2.75, 3.05) is 7.05 Å². The molecule has 0 aromatic heterocycles. The van der Waals surface area contributed by atoms with Crippen molar-refractivity contribution in [2.45, 2.75) is 26.2 Å². The molecular formula is C12H15BrNO+. The first-order valence-electron chi connectivity index (χ1n) is 4.97. The van der Waals surface area contributed by atoms with Crippen LogP contribution in [-0.4, -0.2) is 22.4 Å². The number of phenolic OH excluding ortho intramolecular Hbond substituents is 1. The fourth-order valence-corrected chi connectivity index (χ4v) is 2.86. The van der Waals surface area contributed by atoms with Crippen LogP contribution in [-0.2, 0) is 5.41 Å². The Hall–Kier alpha value is -0.830. The van der Waals surface area contributed by atoms with E-state index in [2.05, 4.69) is 41.3 Å². The number of benzene rings is 1. The van der Waals surface area contributed by atoms with E-state index in [4.69, 9.17) is 0 Å². The van der Waals surface area contributed by atoms with Gasteiger partial charge in [0.1, 0.15) is 12.8 Å². The van der Waals surface area contributed by atoms with Gasteiger partial charge in [0.15, 0.2) is 5.71 Å². The van der Waals surface area contributed by atoms with Gasteiger partial charge in [-0.1, -0.05) is 0 Å². The van der Waals surface area contributed by atoms with E-state index in [-0.39, 0.29) is 5.41 Å². The van der Waals surface area contributed by atoms with E-state index in [1.807, 2.05) is 13.1 Å². The molecule has 1 aromatic carbocycles. The lowest BCUT2D eigenvalue weighted by atomic mass is 9.82. The van der Waals surface area contributed by atoms with Crippen LogP contribution in [0.2, 0.25) is 0 Å². The number of hydrogen-bond donors (Lipinski definition) is 1.